The van der Waals surface area contributed by atoms with Crippen LogP contribution in [0.1, 0.15) is 6.92 Å². The lowest BCUT2D eigenvalue weighted by Gasteiger charge is -2.09. The first-order chi connectivity index (χ1) is 6.32. The molecule has 80 valence electrons. The highest BCUT2D eigenvalue weighted by molar-refractivity contribution is 8.13. The fourth-order valence-electron chi connectivity index (χ4n) is 0.603. The van der Waals surface area contributed by atoms with Gasteiger partial charge in [0.25, 0.3) is 0 Å². The van der Waals surface area contributed by atoms with Gasteiger partial charge in [-0.1, -0.05) is 18.3 Å². The van der Waals surface area contributed by atoms with Crippen LogP contribution in [0.5, 0.6) is 0 Å². The molecule has 0 aromatic rings. The monoisotopic (exact) mass is 224 g/mol. The maximum Gasteiger partial charge on any atom is 0.417 e. The minimum atomic E-state index is -4.43. The third-order valence-corrected chi connectivity index (χ3v) is 2.06. The quantitative estimate of drug-likeness (QED) is 0.496. The predicted octanol–water partition coefficient (Wildman–Crippen LogP) is 2.91. The first kappa shape index (κ1) is 13.2. The van der Waals surface area contributed by atoms with Crippen LogP contribution in [0.2, 0.25) is 0 Å². The largest absolute Gasteiger partial charge is 0.417 e. The van der Waals surface area contributed by atoms with Crippen molar-refractivity contribution < 1.29 is 13.2 Å². The number of amidine groups is 1. The number of alkyl halides is 3. The second kappa shape index (κ2) is 5.19. The van der Waals surface area contributed by atoms with Gasteiger partial charge < -0.3 is 0 Å². The number of hydrogen-bond acceptors (Lipinski definition) is 2. The lowest BCUT2D eigenvalue weighted by atomic mass is 10.2. The van der Waals surface area contributed by atoms with Crippen LogP contribution in [0.25, 0.3) is 0 Å². The molecule has 0 fully saturated rings. The van der Waals surface area contributed by atoms with Gasteiger partial charge in [0.2, 0.25) is 0 Å². The van der Waals surface area contributed by atoms with Crippen LogP contribution in [0.3, 0.4) is 0 Å². The second-order valence-electron chi connectivity index (χ2n) is 2.38. The van der Waals surface area contributed by atoms with Gasteiger partial charge in [-0.2, -0.15) is 13.2 Å². The van der Waals surface area contributed by atoms with E-state index < -0.39 is 11.7 Å². The summed E-state index contributed by atoms with van der Waals surface area (Å²) in [6, 6.07) is 0. The van der Waals surface area contributed by atoms with Gasteiger partial charge in [0.1, 0.15) is 0 Å². The molecule has 0 aromatic carbocycles. The molecule has 14 heavy (non-hydrogen) atoms. The zero-order valence-electron chi connectivity index (χ0n) is 8.14. The Balaban J connectivity index is 4.79. The Bertz CT molecular complexity index is 279. The molecule has 0 atom stereocenters. The Labute approximate surface area is 85.0 Å². The molecule has 0 unspecified atom stereocenters. The Kier molecular flexibility index (Phi) is 4.90. The van der Waals surface area contributed by atoms with Gasteiger partial charge in [0.15, 0.2) is 5.17 Å². The first-order valence-corrected chi connectivity index (χ1v) is 4.88. The van der Waals surface area contributed by atoms with Gasteiger partial charge in [-0.15, -0.1) is 0 Å². The van der Waals surface area contributed by atoms with Crippen LogP contribution in [0.15, 0.2) is 22.1 Å². The number of nitrogens with zero attached hydrogens (tertiary/aromatic N) is 2. The molecular formula is C8H11F3N2S. The van der Waals surface area contributed by atoms with Gasteiger partial charge in [0.05, 0.1) is 11.3 Å². The summed E-state index contributed by atoms with van der Waals surface area (Å²) in [4.78, 5) is 7.38. The van der Waals surface area contributed by atoms with E-state index in [1.807, 2.05) is 0 Å². The molecule has 0 amide bonds. The normalized spacial score (nSPS) is 14.4. The molecule has 0 N–H and O–H groups in total. The molecular weight excluding hydrogens is 213 g/mol. The Morgan fingerprint density at radius 1 is 1.36 bits per heavy atom. The summed E-state index contributed by atoms with van der Waals surface area (Å²) in [5.74, 6) is 0. The summed E-state index contributed by atoms with van der Waals surface area (Å²) in [7, 11) is 1.47. The molecule has 0 aliphatic rings. The predicted molar refractivity (Wildman–Crippen MR) is 55.2 cm³/mol. The minimum Gasteiger partial charge on any atom is -0.264 e. The van der Waals surface area contributed by atoms with Crippen LogP contribution in [0, 0.1) is 0 Å². The van der Waals surface area contributed by atoms with Crippen molar-refractivity contribution in [2.24, 2.45) is 9.98 Å². The van der Waals surface area contributed by atoms with Crippen molar-refractivity contribution in [3.63, 3.8) is 0 Å². The summed E-state index contributed by atoms with van der Waals surface area (Å²) in [5, 5.41) is 0.299. The lowest BCUT2D eigenvalue weighted by Crippen LogP contribution is -2.17. The van der Waals surface area contributed by atoms with Crippen LogP contribution >= 0.6 is 11.8 Å². The Morgan fingerprint density at radius 3 is 2.14 bits per heavy atom. The zero-order chi connectivity index (χ0) is 11.4. The molecule has 0 aliphatic carbocycles. The number of halogens is 3. The molecule has 0 saturated heterocycles. The van der Waals surface area contributed by atoms with Crippen LogP contribution in [0.4, 0.5) is 13.2 Å². The van der Waals surface area contributed by atoms with Crippen LogP contribution < -0.4 is 0 Å². The number of thioether (sulfide) groups is 1. The average molecular weight is 224 g/mol. The summed E-state index contributed by atoms with van der Waals surface area (Å²) in [6.45, 7) is 4.19. The van der Waals surface area contributed by atoms with Crippen molar-refractivity contribution in [1.82, 2.24) is 0 Å². The Morgan fingerprint density at radius 2 is 1.86 bits per heavy atom. The summed E-state index contributed by atoms with van der Waals surface area (Å²) in [5.41, 5.74) is -1.10. The van der Waals surface area contributed by atoms with Crippen LogP contribution in [-0.4, -0.2) is 30.4 Å². The van der Waals surface area contributed by atoms with E-state index in [1.54, 1.807) is 6.26 Å². The van der Waals surface area contributed by atoms with E-state index in [2.05, 4.69) is 16.6 Å². The van der Waals surface area contributed by atoms with Gasteiger partial charge in [-0.25, -0.2) is 4.99 Å². The molecule has 0 bridgehead atoms. The van der Waals surface area contributed by atoms with E-state index in [0.29, 0.717) is 5.17 Å². The summed E-state index contributed by atoms with van der Waals surface area (Å²) < 4.78 is 36.4. The minimum absolute atomic E-state index is 0.160. The van der Waals surface area contributed by atoms with Gasteiger partial charge in [-0.3, -0.25) is 4.99 Å². The highest BCUT2D eigenvalue weighted by Gasteiger charge is 2.33. The third kappa shape index (κ3) is 3.95. The maximum absolute atomic E-state index is 12.1. The van der Waals surface area contributed by atoms with Crippen molar-refractivity contribution in [2.75, 3.05) is 13.3 Å². The topological polar surface area (TPSA) is 24.7 Å². The van der Waals surface area contributed by atoms with E-state index in [4.69, 9.17) is 0 Å². The number of hydrogen-bond donors (Lipinski definition) is 0. The van der Waals surface area contributed by atoms with Gasteiger partial charge >= 0.3 is 6.18 Å². The van der Waals surface area contributed by atoms with Crippen molar-refractivity contribution in [3.8, 4) is 0 Å². The molecule has 0 radical (unpaired) electrons. The van der Waals surface area contributed by atoms with E-state index in [-0.39, 0.29) is 5.71 Å². The van der Waals surface area contributed by atoms with Crippen molar-refractivity contribution in [3.05, 3.63) is 12.2 Å². The summed E-state index contributed by atoms with van der Waals surface area (Å²) in [6.07, 6.45) is -2.74. The maximum atomic E-state index is 12.1. The molecule has 0 spiro atoms. The SMILES string of the molecule is C=C(/C(C)=N\C(=NC)SC)C(F)(F)F. The highest BCUT2D eigenvalue weighted by Crippen LogP contribution is 2.25. The van der Waals surface area contributed by atoms with Gasteiger partial charge in [0, 0.05) is 7.05 Å². The lowest BCUT2D eigenvalue weighted by molar-refractivity contribution is -0.0857. The van der Waals surface area contributed by atoms with Crippen molar-refractivity contribution in [1.29, 1.82) is 0 Å². The highest BCUT2D eigenvalue weighted by atomic mass is 32.2. The van der Waals surface area contributed by atoms with E-state index in [1.165, 1.54) is 25.7 Å². The molecule has 6 heteroatoms. The van der Waals surface area contributed by atoms with Crippen molar-refractivity contribution in [2.45, 2.75) is 13.1 Å². The fraction of sp³-hybridized carbons (Fsp3) is 0.500. The number of rotatable bonds is 1. The number of aliphatic imine (C=N–C) groups is 2. The van der Waals surface area contributed by atoms with Crippen molar-refractivity contribution >= 4 is 22.6 Å². The fourth-order valence-corrected chi connectivity index (χ4v) is 1.01. The Hall–Kier alpha value is -0.780. The third-order valence-electron chi connectivity index (χ3n) is 1.42. The van der Waals surface area contributed by atoms with Crippen LogP contribution in [-0.2, 0) is 0 Å². The smallest absolute Gasteiger partial charge is 0.264 e. The number of allylic oxidation sites excluding steroid dienone is 1. The zero-order valence-corrected chi connectivity index (χ0v) is 8.96. The molecule has 0 aliphatic heterocycles. The average Bonchev–Trinajstić information content (AvgIpc) is 2.11. The summed E-state index contributed by atoms with van der Waals surface area (Å²) >= 11 is 1.18. The second-order valence-corrected chi connectivity index (χ2v) is 3.16. The molecule has 2 nitrogen and oxygen atoms in total. The first-order valence-electron chi connectivity index (χ1n) is 3.65. The van der Waals surface area contributed by atoms with E-state index in [0.717, 1.165) is 0 Å². The molecule has 0 saturated carbocycles. The van der Waals surface area contributed by atoms with E-state index in [9.17, 15) is 13.2 Å². The van der Waals surface area contributed by atoms with Gasteiger partial charge in [-0.05, 0) is 13.2 Å². The standard InChI is InChI=1S/C8H11F3N2S/c1-5(8(9,10)11)6(2)13-7(12-3)14-4/h1H2,2-4H3/b12-7?,13-6-. The molecule has 0 heterocycles. The molecule has 0 aromatic heterocycles. The van der Waals surface area contributed by atoms with E-state index >= 15 is 0 Å². The molecule has 0 rings (SSSR count).